The van der Waals surface area contributed by atoms with E-state index in [-0.39, 0.29) is 35.4 Å². The lowest BCUT2D eigenvalue weighted by atomic mass is 10.1. The van der Waals surface area contributed by atoms with Crippen LogP contribution in [0.4, 0.5) is 0 Å². The van der Waals surface area contributed by atoms with Gasteiger partial charge in [0, 0.05) is 5.38 Å². The largest absolute Gasteiger partial charge is 0.476 e. The number of nitrogens with one attached hydrogen (secondary N) is 1. The molecule has 2 N–H and O–H groups in total. The Morgan fingerprint density at radius 3 is 2.67 bits per heavy atom. The minimum Gasteiger partial charge on any atom is -0.476 e. The maximum absolute atomic E-state index is 12.2. The molecule has 5 nitrogen and oxygen atoms in total. The van der Waals surface area contributed by atoms with Gasteiger partial charge in [-0.1, -0.05) is 25.5 Å². The quantitative estimate of drug-likeness (QED) is 0.820. The summed E-state index contributed by atoms with van der Waals surface area (Å²) >= 11 is 1.24. The molecule has 6 heteroatoms. The zero-order valence-corrected chi connectivity index (χ0v) is 13.5. The molecule has 1 amide bonds. The fourth-order valence-corrected chi connectivity index (χ4v) is 3.32. The molecule has 1 heterocycles. The zero-order valence-electron chi connectivity index (χ0n) is 12.6. The summed E-state index contributed by atoms with van der Waals surface area (Å²) in [4.78, 5) is 27.0. The number of aromatic carboxylic acids is 1. The van der Waals surface area contributed by atoms with Crippen molar-refractivity contribution in [1.29, 1.82) is 0 Å². The van der Waals surface area contributed by atoms with Crippen molar-refractivity contribution in [1.82, 2.24) is 10.3 Å². The molecule has 1 aliphatic rings. The lowest BCUT2D eigenvalue weighted by molar-refractivity contribution is -0.123. The molecule has 0 spiro atoms. The first-order valence-corrected chi connectivity index (χ1v) is 7.72. The van der Waals surface area contributed by atoms with Gasteiger partial charge in [0.1, 0.15) is 5.01 Å². The van der Waals surface area contributed by atoms with Crippen LogP contribution in [-0.4, -0.2) is 22.0 Å². The van der Waals surface area contributed by atoms with Gasteiger partial charge >= 0.3 is 5.97 Å². The third-order valence-electron chi connectivity index (χ3n) is 3.89. The first kappa shape index (κ1) is 15.7. The minimum absolute atomic E-state index is 0.00887. The van der Waals surface area contributed by atoms with Crippen molar-refractivity contribution >= 4 is 23.2 Å². The van der Waals surface area contributed by atoms with Gasteiger partial charge in [0.2, 0.25) is 5.91 Å². The van der Waals surface area contributed by atoms with E-state index in [0.29, 0.717) is 5.01 Å². The molecule has 1 aromatic rings. The van der Waals surface area contributed by atoms with E-state index in [4.69, 9.17) is 5.11 Å². The third-order valence-corrected chi connectivity index (χ3v) is 4.74. The summed E-state index contributed by atoms with van der Waals surface area (Å²) in [6, 6.07) is 0. The third kappa shape index (κ3) is 3.32. The van der Waals surface area contributed by atoms with Gasteiger partial charge in [0.05, 0.1) is 12.5 Å². The van der Waals surface area contributed by atoms with E-state index in [1.165, 1.54) is 22.3 Å². The van der Waals surface area contributed by atoms with Crippen molar-refractivity contribution in [3.63, 3.8) is 0 Å². The van der Waals surface area contributed by atoms with E-state index in [9.17, 15) is 9.59 Å². The van der Waals surface area contributed by atoms with Gasteiger partial charge in [0.15, 0.2) is 5.69 Å². The van der Waals surface area contributed by atoms with Gasteiger partial charge in [-0.2, -0.15) is 0 Å². The number of carbonyl (C=O) groups is 2. The average molecular weight is 308 g/mol. The normalized spacial score (nSPS) is 22.5. The lowest BCUT2D eigenvalue weighted by Crippen LogP contribution is -2.26. The molecule has 0 bridgehead atoms. The van der Waals surface area contributed by atoms with Crippen LogP contribution in [0.15, 0.2) is 17.0 Å². The van der Waals surface area contributed by atoms with Gasteiger partial charge in [-0.15, -0.1) is 11.3 Å². The summed E-state index contributed by atoms with van der Waals surface area (Å²) in [6.07, 6.45) is 2.15. The van der Waals surface area contributed by atoms with E-state index in [0.717, 1.165) is 0 Å². The lowest BCUT2D eigenvalue weighted by Gasteiger charge is -2.04. The van der Waals surface area contributed by atoms with Gasteiger partial charge < -0.3 is 10.4 Å². The Morgan fingerprint density at radius 2 is 2.14 bits per heavy atom. The number of aromatic nitrogens is 1. The molecule has 2 rings (SSSR count). The van der Waals surface area contributed by atoms with Gasteiger partial charge in [-0.05, 0) is 25.2 Å². The molecule has 114 valence electrons. The van der Waals surface area contributed by atoms with Crippen LogP contribution in [-0.2, 0) is 11.3 Å². The number of hydrogen-bond donors (Lipinski definition) is 2. The highest BCUT2D eigenvalue weighted by Gasteiger charge is 2.60. The molecular weight excluding hydrogens is 288 g/mol. The van der Waals surface area contributed by atoms with Crippen LogP contribution in [0.2, 0.25) is 0 Å². The predicted octanol–water partition coefficient (Wildman–Crippen LogP) is 2.70. The minimum atomic E-state index is -1.05. The second kappa shape index (κ2) is 5.60. The number of carboxylic acids is 1. The Morgan fingerprint density at radius 1 is 1.48 bits per heavy atom. The molecule has 0 aromatic carbocycles. The van der Waals surface area contributed by atoms with Crippen molar-refractivity contribution in [3.8, 4) is 0 Å². The number of nitrogens with zero attached hydrogens (tertiary/aromatic N) is 1. The molecule has 0 aliphatic heterocycles. The molecule has 1 aromatic heterocycles. The maximum atomic E-state index is 12.2. The molecule has 1 aliphatic carbocycles. The van der Waals surface area contributed by atoms with Crippen LogP contribution < -0.4 is 5.32 Å². The topological polar surface area (TPSA) is 79.3 Å². The van der Waals surface area contributed by atoms with Crippen LogP contribution in [0.3, 0.4) is 0 Å². The summed E-state index contributed by atoms with van der Waals surface area (Å²) in [5, 5.41) is 13.8. The Balaban J connectivity index is 1.93. The van der Waals surface area contributed by atoms with E-state index in [2.05, 4.69) is 30.2 Å². The van der Waals surface area contributed by atoms with Crippen molar-refractivity contribution < 1.29 is 14.7 Å². The van der Waals surface area contributed by atoms with Crippen LogP contribution in [0.1, 0.15) is 43.2 Å². The fourth-order valence-electron chi connectivity index (χ4n) is 2.61. The highest BCUT2D eigenvalue weighted by molar-refractivity contribution is 7.09. The molecule has 0 saturated heterocycles. The van der Waals surface area contributed by atoms with E-state index in [1.807, 2.05) is 13.8 Å². The van der Waals surface area contributed by atoms with Gasteiger partial charge in [-0.3, -0.25) is 4.79 Å². The van der Waals surface area contributed by atoms with Crippen molar-refractivity contribution in [3.05, 3.63) is 27.7 Å². The van der Waals surface area contributed by atoms with E-state index >= 15 is 0 Å². The molecular formula is C15H20N2O3S. The smallest absolute Gasteiger partial charge is 0.355 e. The van der Waals surface area contributed by atoms with Crippen molar-refractivity contribution in [2.75, 3.05) is 0 Å². The number of rotatable bonds is 5. The highest BCUT2D eigenvalue weighted by atomic mass is 32.1. The molecule has 1 fully saturated rings. The summed E-state index contributed by atoms with van der Waals surface area (Å²) in [5.41, 5.74) is 1.23. The number of carbonyl (C=O) groups excluding carboxylic acids is 1. The summed E-state index contributed by atoms with van der Waals surface area (Å²) < 4.78 is 0. The van der Waals surface area contributed by atoms with Gasteiger partial charge in [0.25, 0.3) is 0 Å². The van der Waals surface area contributed by atoms with Crippen molar-refractivity contribution in [2.24, 2.45) is 17.3 Å². The van der Waals surface area contributed by atoms with Crippen LogP contribution >= 0.6 is 11.3 Å². The second-order valence-corrected chi connectivity index (χ2v) is 7.16. The average Bonchev–Trinajstić information content (AvgIpc) is 2.78. The van der Waals surface area contributed by atoms with Crippen LogP contribution in [0.5, 0.6) is 0 Å². The monoisotopic (exact) mass is 308 g/mol. The zero-order chi connectivity index (χ0) is 15.8. The Labute approximate surface area is 128 Å². The standard InChI is InChI=1S/C15H20N2O3S/c1-8(2)5-9-12(15(9,3)4)13(18)16-6-11-17-10(7-21-11)14(19)20/h5,7,9,12H,6H2,1-4H3,(H,16,18)(H,19,20)/t9-,12-/m0/s1. The molecule has 0 radical (unpaired) electrons. The molecule has 0 unspecified atom stereocenters. The summed E-state index contributed by atoms with van der Waals surface area (Å²) in [7, 11) is 0. The molecule has 21 heavy (non-hydrogen) atoms. The molecule has 2 atom stereocenters. The first-order valence-electron chi connectivity index (χ1n) is 6.84. The second-order valence-electron chi connectivity index (χ2n) is 6.22. The number of carboxylic acid groups (broad SMARTS) is 1. The maximum Gasteiger partial charge on any atom is 0.355 e. The van der Waals surface area contributed by atoms with Crippen molar-refractivity contribution in [2.45, 2.75) is 34.2 Å². The number of thiazole rings is 1. The highest BCUT2D eigenvalue weighted by Crippen LogP contribution is 2.59. The van der Waals surface area contributed by atoms with Gasteiger partial charge in [-0.25, -0.2) is 9.78 Å². The van der Waals surface area contributed by atoms with Crippen LogP contribution in [0.25, 0.3) is 0 Å². The summed E-state index contributed by atoms with van der Waals surface area (Å²) in [5.74, 6) is -0.787. The Kier molecular flexibility index (Phi) is 4.18. The first-order chi connectivity index (χ1) is 9.73. The number of amides is 1. The SMILES string of the molecule is CC(C)=C[C@H]1[C@@H](C(=O)NCc2nc(C(=O)O)cs2)C1(C)C. The fraction of sp³-hybridized carbons (Fsp3) is 0.533. The van der Waals surface area contributed by atoms with Crippen LogP contribution in [0, 0.1) is 17.3 Å². The number of allylic oxidation sites excluding steroid dienone is 2. The number of hydrogen-bond acceptors (Lipinski definition) is 4. The predicted molar refractivity (Wildman–Crippen MR) is 81.1 cm³/mol. The van der Waals surface area contributed by atoms with E-state index < -0.39 is 5.97 Å². The van der Waals surface area contributed by atoms with E-state index in [1.54, 1.807) is 0 Å². The Bertz CT molecular complexity index is 600. The molecule has 1 saturated carbocycles. The summed E-state index contributed by atoms with van der Waals surface area (Å²) in [6.45, 7) is 8.53. The Hall–Kier alpha value is -1.69.